The van der Waals surface area contributed by atoms with Crippen molar-refractivity contribution in [1.29, 1.82) is 0 Å². The van der Waals surface area contributed by atoms with E-state index in [1.165, 1.54) is 167 Å². The lowest BCUT2D eigenvalue weighted by Crippen LogP contribution is -2.61. The fraction of sp³-hybridized carbons (Fsp3) is 0.930. The van der Waals surface area contributed by atoms with Crippen LogP contribution in [0.4, 0.5) is 0 Å². The monoisotopic (exact) mass is 1030 g/mol. The van der Waals surface area contributed by atoms with Gasteiger partial charge in [0.1, 0.15) is 55.4 Å². The van der Waals surface area contributed by atoms with Crippen molar-refractivity contribution in [3.05, 3.63) is 12.2 Å². The van der Waals surface area contributed by atoms with Gasteiger partial charge >= 0.3 is 11.9 Å². The van der Waals surface area contributed by atoms with Gasteiger partial charge in [-0.25, -0.2) is 0 Å². The average molecular weight is 1030 g/mol. The molecule has 72 heavy (non-hydrogen) atoms. The molecular weight excluding hydrogens is 925 g/mol. The highest BCUT2D eigenvalue weighted by molar-refractivity contribution is 5.70. The van der Waals surface area contributed by atoms with E-state index in [2.05, 4.69) is 26.0 Å². The molecule has 15 heteroatoms. The van der Waals surface area contributed by atoms with Crippen LogP contribution in [0.5, 0.6) is 0 Å². The summed E-state index contributed by atoms with van der Waals surface area (Å²) in [4.78, 5) is 25.8. The number of hydrogen-bond acceptors (Lipinski definition) is 15. The first-order valence-corrected chi connectivity index (χ1v) is 29.3. The second kappa shape index (κ2) is 44.4. The third-order valence-electron chi connectivity index (χ3n) is 14.2. The minimum absolute atomic E-state index is 0.166. The minimum atomic E-state index is -1.76. The molecular formula is C57H106O15. The number of carbonyl (C=O) groups is 2. The molecule has 11 atom stereocenters. The van der Waals surface area contributed by atoms with Crippen molar-refractivity contribution in [2.24, 2.45) is 0 Å². The SMILES string of the molecule is CCCCCCCCCCCCCCCCCCCC/C=C/CCCC(=O)OC[C@@H](CO[C@@H]1O[C@H](CO[C@@H]2O[C@H](CO)[C@H](O)C(O)C2O)[C@H](O)C(O)C1O)OC(=O)CCCCCCCCCCCCCCC. The van der Waals surface area contributed by atoms with Crippen LogP contribution in [0.25, 0.3) is 0 Å². The zero-order chi connectivity index (χ0) is 52.4. The normalized spacial score (nSPS) is 25.0. The van der Waals surface area contributed by atoms with E-state index in [-0.39, 0.29) is 26.1 Å². The number of hydrogen-bond donors (Lipinski definition) is 7. The first-order valence-electron chi connectivity index (χ1n) is 29.3. The van der Waals surface area contributed by atoms with Crippen LogP contribution in [-0.4, -0.2) is 142 Å². The zero-order valence-corrected chi connectivity index (χ0v) is 45.2. The Bertz CT molecular complexity index is 1300. The van der Waals surface area contributed by atoms with Gasteiger partial charge < -0.3 is 64.2 Å². The Labute approximate surface area is 435 Å². The van der Waals surface area contributed by atoms with Gasteiger partial charge in [0.2, 0.25) is 0 Å². The Balaban J connectivity index is 1.72. The van der Waals surface area contributed by atoms with Crippen LogP contribution in [0.1, 0.15) is 245 Å². The number of allylic oxidation sites excluding steroid dienone is 2. The number of aliphatic hydroxyl groups is 7. The molecule has 2 saturated heterocycles. The number of unbranched alkanes of at least 4 members (excludes halogenated alkanes) is 31. The molecule has 15 nitrogen and oxygen atoms in total. The summed E-state index contributed by atoms with van der Waals surface area (Å²) in [7, 11) is 0. The summed E-state index contributed by atoms with van der Waals surface area (Å²) < 4.78 is 33.6. The Morgan fingerprint density at radius 2 is 0.806 bits per heavy atom. The largest absolute Gasteiger partial charge is 0.462 e. The molecule has 0 bridgehead atoms. The number of ether oxygens (including phenoxy) is 6. The smallest absolute Gasteiger partial charge is 0.306 e. The molecule has 424 valence electrons. The van der Waals surface area contributed by atoms with Crippen LogP contribution in [0.3, 0.4) is 0 Å². The van der Waals surface area contributed by atoms with Crippen molar-refractivity contribution in [2.45, 2.75) is 313 Å². The average Bonchev–Trinajstić information content (AvgIpc) is 3.37. The van der Waals surface area contributed by atoms with Gasteiger partial charge in [-0.3, -0.25) is 9.59 Å². The quantitative estimate of drug-likeness (QED) is 0.0171. The first-order chi connectivity index (χ1) is 35.0. The van der Waals surface area contributed by atoms with Crippen LogP contribution in [0.2, 0.25) is 0 Å². The van der Waals surface area contributed by atoms with Gasteiger partial charge in [-0.1, -0.05) is 212 Å². The second-order valence-corrected chi connectivity index (χ2v) is 20.8. The molecule has 0 aliphatic carbocycles. The van der Waals surface area contributed by atoms with Crippen molar-refractivity contribution in [3.63, 3.8) is 0 Å². The van der Waals surface area contributed by atoms with E-state index in [1.54, 1.807) is 0 Å². The predicted octanol–water partition coefficient (Wildman–Crippen LogP) is 9.72. The van der Waals surface area contributed by atoms with Crippen LogP contribution in [-0.2, 0) is 38.0 Å². The van der Waals surface area contributed by atoms with Crippen molar-refractivity contribution < 1.29 is 73.8 Å². The van der Waals surface area contributed by atoms with E-state index in [9.17, 15) is 45.3 Å². The molecule has 2 aliphatic heterocycles. The molecule has 7 N–H and O–H groups in total. The predicted molar refractivity (Wildman–Crippen MR) is 280 cm³/mol. The molecule has 0 saturated carbocycles. The minimum Gasteiger partial charge on any atom is -0.462 e. The molecule has 2 fully saturated rings. The third-order valence-corrected chi connectivity index (χ3v) is 14.2. The van der Waals surface area contributed by atoms with E-state index in [0.29, 0.717) is 12.8 Å². The molecule has 4 unspecified atom stereocenters. The lowest BCUT2D eigenvalue weighted by molar-refractivity contribution is -0.332. The maximum absolute atomic E-state index is 13.0. The number of aliphatic hydroxyl groups excluding tert-OH is 7. The maximum Gasteiger partial charge on any atom is 0.306 e. The summed E-state index contributed by atoms with van der Waals surface area (Å²) in [5.74, 6) is -0.948. The molecule has 2 aliphatic rings. The van der Waals surface area contributed by atoms with Gasteiger partial charge in [-0.15, -0.1) is 0 Å². The summed E-state index contributed by atoms with van der Waals surface area (Å²) in [6, 6.07) is 0. The third kappa shape index (κ3) is 31.3. The first kappa shape index (κ1) is 66.4. The highest BCUT2D eigenvalue weighted by Gasteiger charge is 2.47. The topological polar surface area (TPSA) is 231 Å². The Kier molecular flexibility index (Phi) is 40.9. The molecule has 2 heterocycles. The Morgan fingerprint density at radius 3 is 1.26 bits per heavy atom. The Hall–Kier alpha value is -1.76. The molecule has 0 aromatic rings. The molecule has 2 rings (SSSR count). The number of esters is 2. The van der Waals surface area contributed by atoms with Crippen molar-refractivity contribution >= 4 is 11.9 Å². The van der Waals surface area contributed by atoms with Crippen molar-refractivity contribution in [3.8, 4) is 0 Å². The van der Waals surface area contributed by atoms with Gasteiger partial charge in [0, 0.05) is 12.8 Å². The van der Waals surface area contributed by atoms with Gasteiger partial charge in [0.25, 0.3) is 0 Å². The Morgan fingerprint density at radius 1 is 0.431 bits per heavy atom. The maximum atomic E-state index is 13.0. The molecule has 0 aromatic carbocycles. The molecule has 0 aromatic heterocycles. The van der Waals surface area contributed by atoms with Crippen LogP contribution >= 0.6 is 0 Å². The summed E-state index contributed by atoms with van der Waals surface area (Å²) in [5, 5.41) is 72.2. The zero-order valence-electron chi connectivity index (χ0n) is 45.2. The van der Waals surface area contributed by atoms with Gasteiger partial charge in [-0.05, 0) is 32.1 Å². The lowest BCUT2D eigenvalue weighted by Gasteiger charge is -2.42. The summed E-state index contributed by atoms with van der Waals surface area (Å²) in [6.07, 6.45) is 29.7. The molecule has 0 spiro atoms. The standard InChI is InChI=1S/C57H106O15/c1-3-5-7-9-11-13-15-17-18-19-20-21-22-23-24-25-26-28-29-31-33-35-37-39-48(59)67-42-45(70-49(60)40-38-36-34-32-30-27-16-14-12-10-8-6-4-2)43-68-56-55(66)53(64)51(62)47(72-56)44-69-57-54(65)52(63)50(61)46(41-58)71-57/h31,33,45-47,50-58,61-66H,3-30,32,34-44H2,1-2H3/b33-31+/t45-,46+,47+,50-,51-,52?,53?,54?,55?,56+,57+/m0/s1. The summed E-state index contributed by atoms with van der Waals surface area (Å²) in [5.41, 5.74) is 0. The van der Waals surface area contributed by atoms with Crippen LogP contribution in [0.15, 0.2) is 12.2 Å². The fourth-order valence-electron chi connectivity index (χ4n) is 9.46. The van der Waals surface area contributed by atoms with E-state index in [0.717, 1.165) is 38.5 Å². The van der Waals surface area contributed by atoms with E-state index in [4.69, 9.17) is 28.4 Å². The highest BCUT2D eigenvalue weighted by atomic mass is 16.7. The highest BCUT2D eigenvalue weighted by Crippen LogP contribution is 2.27. The van der Waals surface area contributed by atoms with E-state index in [1.807, 2.05) is 0 Å². The van der Waals surface area contributed by atoms with E-state index >= 15 is 0 Å². The fourth-order valence-corrected chi connectivity index (χ4v) is 9.46. The summed E-state index contributed by atoms with van der Waals surface area (Å²) >= 11 is 0. The number of rotatable bonds is 47. The van der Waals surface area contributed by atoms with E-state index < -0.39 is 92.7 Å². The van der Waals surface area contributed by atoms with Gasteiger partial charge in [0.15, 0.2) is 18.7 Å². The van der Waals surface area contributed by atoms with Gasteiger partial charge in [-0.2, -0.15) is 0 Å². The second-order valence-electron chi connectivity index (χ2n) is 20.8. The summed E-state index contributed by atoms with van der Waals surface area (Å²) in [6.45, 7) is 2.61. The van der Waals surface area contributed by atoms with Crippen LogP contribution in [0, 0.1) is 0 Å². The lowest BCUT2D eigenvalue weighted by atomic mass is 9.98. The molecule has 0 amide bonds. The molecule has 0 radical (unpaired) electrons. The van der Waals surface area contributed by atoms with Crippen molar-refractivity contribution in [1.82, 2.24) is 0 Å². The number of carbonyl (C=O) groups excluding carboxylic acids is 2. The van der Waals surface area contributed by atoms with Gasteiger partial charge in [0.05, 0.1) is 19.8 Å². The van der Waals surface area contributed by atoms with Crippen molar-refractivity contribution in [2.75, 3.05) is 26.4 Å². The van der Waals surface area contributed by atoms with Crippen LogP contribution < -0.4 is 0 Å².